The Kier molecular flexibility index (Phi) is 4.08. The van der Waals surface area contributed by atoms with Gasteiger partial charge in [-0.25, -0.2) is 4.98 Å². The van der Waals surface area contributed by atoms with Crippen molar-refractivity contribution in [2.24, 2.45) is 0 Å². The van der Waals surface area contributed by atoms with E-state index in [2.05, 4.69) is 26.0 Å². The van der Waals surface area contributed by atoms with Gasteiger partial charge in [0, 0.05) is 32.1 Å². The highest BCUT2D eigenvalue weighted by Gasteiger charge is 2.20. The number of benzene rings is 1. The van der Waals surface area contributed by atoms with Gasteiger partial charge < -0.3 is 9.72 Å². The summed E-state index contributed by atoms with van der Waals surface area (Å²) in [5.74, 6) is 1.02. The Morgan fingerprint density at radius 2 is 2.22 bits per heavy atom. The molecule has 0 bridgehead atoms. The van der Waals surface area contributed by atoms with Crippen molar-refractivity contribution in [2.75, 3.05) is 19.7 Å². The van der Waals surface area contributed by atoms with Gasteiger partial charge in [0.2, 0.25) is 0 Å². The van der Waals surface area contributed by atoms with Crippen LogP contribution in [0.1, 0.15) is 12.2 Å². The number of fused-ring (bicyclic) bond motifs is 1. The minimum Gasteiger partial charge on any atom is -0.375 e. The molecule has 1 atom stereocenters. The van der Waals surface area contributed by atoms with E-state index in [1.807, 2.05) is 41.3 Å². The summed E-state index contributed by atoms with van der Waals surface area (Å²) < 4.78 is 7.91. The molecule has 1 aromatic carbocycles. The zero-order chi connectivity index (χ0) is 15.5. The van der Waals surface area contributed by atoms with Crippen LogP contribution in [-0.2, 0) is 17.8 Å². The molecule has 3 heterocycles. The zero-order valence-electron chi connectivity index (χ0n) is 13.1. The van der Waals surface area contributed by atoms with Gasteiger partial charge in [-0.2, -0.15) is 5.10 Å². The highest BCUT2D eigenvalue weighted by molar-refractivity contribution is 5.74. The fraction of sp³-hybridized carbons (Fsp3) is 0.412. The molecular weight excluding hydrogens is 290 g/mol. The van der Waals surface area contributed by atoms with Crippen molar-refractivity contribution in [3.05, 3.63) is 48.5 Å². The molecule has 1 N–H and O–H groups in total. The second kappa shape index (κ2) is 6.52. The highest BCUT2D eigenvalue weighted by atomic mass is 16.5. The third kappa shape index (κ3) is 3.43. The van der Waals surface area contributed by atoms with Crippen LogP contribution in [0.3, 0.4) is 0 Å². The monoisotopic (exact) mass is 311 g/mol. The molecule has 23 heavy (non-hydrogen) atoms. The fourth-order valence-corrected chi connectivity index (χ4v) is 3.13. The smallest absolute Gasteiger partial charge is 0.121 e. The minimum atomic E-state index is 0.168. The first-order valence-electron chi connectivity index (χ1n) is 8.12. The van der Waals surface area contributed by atoms with E-state index in [9.17, 15) is 0 Å². The third-order valence-electron chi connectivity index (χ3n) is 4.20. The number of imidazole rings is 1. The predicted octanol–water partition coefficient (Wildman–Crippen LogP) is 2.05. The van der Waals surface area contributed by atoms with Crippen molar-refractivity contribution in [2.45, 2.75) is 25.6 Å². The Morgan fingerprint density at radius 3 is 3.09 bits per heavy atom. The van der Waals surface area contributed by atoms with Crippen molar-refractivity contribution in [1.82, 2.24) is 24.6 Å². The van der Waals surface area contributed by atoms with Crippen LogP contribution in [0.4, 0.5) is 0 Å². The van der Waals surface area contributed by atoms with Crippen molar-refractivity contribution < 1.29 is 4.74 Å². The molecule has 120 valence electrons. The molecule has 0 spiro atoms. The molecular formula is C17H21N5O. The van der Waals surface area contributed by atoms with Gasteiger partial charge in [-0.05, 0) is 24.6 Å². The maximum Gasteiger partial charge on any atom is 0.121 e. The molecule has 0 aliphatic carbocycles. The lowest BCUT2D eigenvalue weighted by Crippen LogP contribution is -2.34. The summed E-state index contributed by atoms with van der Waals surface area (Å²) in [6, 6.07) is 10.1. The topological polar surface area (TPSA) is 59.0 Å². The lowest BCUT2D eigenvalue weighted by molar-refractivity contribution is 0.0389. The molecule has 0 radical (unpaired) electrons. The van der Waals surface area contributed by atoms with Crippen LogP contribution < -0.4 is 0 Å². The maximum absolute atomic E-state index is 5.97. The van der Waals surface area contributed by atoms with E-state index >= 15 is 0 Å². The fourth-order valence-electron chi connectivity index (χ4n) is 3.13. The van der Waals surface area contributed by atoms with Crippen LogP contribution in [0.15, 0.2) is 42.7 Å². The molecule has 1 fully saturated rings. The molecule has 1 saturated heterocycles. The number of H-pyrrole nitrogens is 1. The number of para-hydroxylation sites is 2. The number of nitrogens with zero attached hydrogens (tertiary/aromatic N) is 4. The Balaban J connectivity index is 1.44. The molecule has 2 aromatic heterocycles. The average molecular weight is 311 g/mol. The number of aromatic amines is 1. The van der Waals surface area contributed by atoms with Crippen molar-refractivity contribution in [3.8, 4) is 0 Å². The second-order valence-electron chi connectivity index (χ2n) is 6.01. The molecule has 3 aromatic rings. The first-order valence-corrected chi connectivity index (χ1v) is 8.12. The Bertz CT molecular complexity index is 718. The van der Waals surface area contributed by atoms with Gasteiger partial charge in [-0.15, -0.1) is 0 Å². The molecule has 0 amide bonds. The molecule has 0 saturated carbocycles. The number of aromatic nitrogens is 4. The quantitative estimate of drug-likeness (QED) is 0.801. The number of hydrogen-bond acceptors (Lipinski definition) is 4. The summed E-state index contributed by atoms with van der Waals surface area (Å²) in [5, 5.41) is 4.28. The summed E-state index contributed by atoms with van der Waals surface area (Å²) in [7, 11) is 0. The summed E-state index contributed by atoms with van der Waals surface area (Å²) in [5.41, 5.74) is 2.13. The van der Waals surface area contributed by atoms with Crippen molar-refractivity contribution in [1.29, 1.82) is 0 Å². The standard InChI is InChI=1S/C17H21N5O/c1-2-6-16-15(5-1)19-17(20-16)13-21-8-4-10-23-14(11-21)12-22-9-3-7-18-22/h1-3,5-7,9,14H,4,8,10-13H2,(H,19,20)/t14-/m0/s1. The van der Waals surface area contributed by atoms with Crippen LogP contribution >= 0.6 is 0 Å². The van der Waals surface area contributed by atoms with Crippen LogP contribution in [-0.4, -0.2) is 50.4 Å². The van der Waals surface area contributed by atoms with Gasteiger partial charge in [0.25, 0.3) is 0 Å². The van der Waals surface area contributed by atoms with Gasteiger partial charge in [-0.3, -0.25) is 9.58 Å². The molecule has 1 aliphatic heterocycles. The van der Waals surface area contributed by atoms with Gasteiger partial charge in [-0.1, -0.05) is 12.1 Å². The normalized spacial score (nSPS) is 19.9. The van der Waals surface area contributed by atoms with Gasteiger partial charge >= 0.3 is 0 Å². The van der Waals surface area contributed by atoms with E-state index in [0.29, 0.717) is 0 Å². The Morgan fingerprint density at radius 1 is 1.26 bits per heavy atom. The molecule has 6 nitrogen and oxygen atoms in total. The van der Waals surface area contributed by atoms with E-state index in [0.717, 1.165) is 56.1 Å². The van der Waals surface area contributed by atoms with E-state index < -0.39 is 0 Å². The number of nitrogens with one attached hydrogen (secondary N) is 1. The SMILES string of the molecule is c1ccc2[nH]c(CN3CCCO[C@H](Cn4cccn4)C3)nc2c1. The summed E-state index contributed by atoms with van der Waals surface area (Å²) in [6.07, 6.45) is 5.01. The van der Waals surface area contributed by atoms with Crippen molar-refractivity contribution in [3.63, 3.8) is 0 Å². The molecule has 0 unspecified atom stereocenters. The number of ether oxygens (including phenoxy) is 1. The van der Waals surface area contributed by atoms with Crippen LogP contribution in [0.5, 0.6) is 0 Å². The van der Waals surface area contributed by atoms with Crippen LogP contribution in [0, 0.1) is 0 Å². The Hall–Kier alpha value is -2.18. The van der Waals surface area contributed by atoms with Gasteiger partial charge in [0.05, 0.1) is 30.2 Å². The lowest BCUT2D eigenvalue weighted by atomic mass is 10.3. The summed E-state index contributed by atoms with van der Waals surface area (Å²) >= 11 is 0. The first-order chi connectivity index (χ1) is 11.4. The Labute approximate surface area is 135 Å². The number of hydrogen-bond donors (Lipinski definition) is 1. The van der Waals surface area contributed by atoms with E-state index in [1.165, 1.54) is 0 Å². The highest BCUT2D eigenvalue weighted by Crippen LogP contribution is 2.14. The van der Waals surface area contributed by atoms with E-state index in [4.69, 9.17) is 4.74 Å². The third-order valence-corrected chi connectivity index (χ3v) is 4.20. The largest absolute Gasteiger partial charge is 0.375 e. The lowest BCUT2D eigenvalue weighted by Gasteiger charge is -2.22. The second-order valence-corrected chi connectivity index (χ2v) is 6.01. The van der Waals surface area contributed by atoms with E-state index in [-0.39, 0.29) is 6.10 Å². The van der Waals surface area contributed by atoms with E-state index in [1.54, 1.807) is 0 Å². The predicted molar refractivity (Wildman–Crippen MR) is 88.0 cm³/mol. The summed E-state index contributed by atoms with van der Waals surface area (Å²) in [4.78, 5) is 10.5. The molecule has 1 aliphatic rings. The average Bonchev–Trinajstić information content (AvgIpc) is 3.14. The first kappa shape index (κ1) is 14.4. The number of rotatable bonds is 4. The maximum atomic E-state index is 5.97. The minimum absolute atomic E-state index is 0.168. The van der Waals surface area contributed by atoms with Gasteiger partial charge in [0.1, 0.15) is 5.82 Å². The molecule has 4 rings (SSSR count). The molecule has 6 heteroatoms. The van der Waals surface area contributed by atoms with Crippen molar-refractivity contribution >= 4 is 11.0 Å². The summed E-state index contributed by atoms with van der Waals surface area (Å²) in [6.45, 7) is 4.36. The zero-order valence-corrected chi connectivity index (χ0v) is 13.1. The van der Waals surface area contributed by atoms with Crippen LogP contribution in [0.25, 0.3) is 11.0 Å². The van der Waals surface area contributed by atoms with Crippen LogP contribution in [0.2, 0.25) is 0 Å². The van der Waals surface area contributed by atoms with Gasteiger partial charge in [0.15, 0.2) is 0 Å².